The standard InChI is InChI=1S/C13H25NO2/c1-2-3-4-5-6-9-12-16-13(15)14-10-7-8-11-14/h2-12H2,1H3. The molecule has 0 atom stereocenters. The van der Waals surface area contributed by atoms with Crippen LogP contribution in [0.3, 0.4) is 0 Å². The van der Waals surface area contributed by atoms with Crippen LogP contribution in [0.5, 0.6) is 0 Å². The molecular formula is C13H25NO2. The zero-order chi connectivity index (χ0) is 11.6. The molecule has 3 nitrogen and oxygen atoms in total. The van der Waals surface area contributed by atoms with Gasteiger partial charge in [0.15, 0.2) is 0 Å². The number of carbonyl (C=O) groups is 1. The summed E-state index contributed by atoms with van der Waals surface area (Å²) in [6, 6.07) is 0. The van der Waals surface area contributed by atoms with Crippen molar-refractivity contribution in [1.29, 1.82) is 0 Å². The van der Waals surface area contributed by atoms with Crippen molar-refractivity contribution >= 4 is 6.09 Å². The van der Waals surface area contributed by atoms with Crippen molar-refractivity contribution in [3.8, 4) is 0 Å². The van der Waals surface area contributed by atoms with Gasteiger partial charge in [-0.05, 0) is 19.3 Å². The number of ether oxygens (including phenoxy) is 1. The highest BCUT2D eigenvalue weighted by Crippen LogP contribution is 2.09. The summed E-state index contributed by atoms with van der Waals surface area (Å²) in [5.41, 5.74) is 0. The molecule has 0 unspecified atom stereocenters. The van der Waals surface area contributed by atoms with Crippen LogP contribution in [-0.2, 0) is 4.74 Å². The quantitative estimate of drug-likeness (QED) is 0.622. The number of hydrogen-bond acceptors (Lipinski definition) is 2. The summed E-state index contributed by atoms with van der Waals surface area (Å²) in [5, 5.41) is 0. The maximum atomic E-state index is 11.5. The number of rotatable bonds is 7. The molecule has 0 saturated carbocycles. The van der Waals surface area contributed by atoms with E-state index in [1.165, 1.54) is 32.1 Å². The van der Waals surface area contributed by atoms with E-state index in [4.69, 9.17) is 4.74 Å². The average molecular weight is 227 g/mol. The predicted octanol–water partition coefficient (Wildman–Crippen LogP) is 3.58. The topological polar surface area (TPSA) is 29.5 Å². The molecule has 0 radical (unpaired) electrons. The van der Waals surface area contributed by atoms with Gasteiger partial charge < -0.3 is 9.64 Å². The van der Waals surface area contributed by atoms with Crippen LogP contribution in [0.2, 0.25) is 0 Å². The predicted molar refractivity (Wildman–Crippen MR) is 65.5 cm³/mol. The normalized spacial score (nSPS) is 15.4. The Balaban J connectivity index is 1.88. The van der Waals surface area contributed by atoms with E-state index in [1.807, 2.05) is 4.90 Å². The molecular weight excluding hydrogens is 202 g/mol. The van der Waals surface area contributed by atoms with Crippen LogP contribution in [0.25, 0.3) is 0 Å². The molecule has 1 saturated heterocycles. The molecule has 1 aliphatic rings. The minimum absolute atomic E-state index is 0.106. The smallest absolute Gasteiger partial charge is 0.409 e. The number of amides is 1. The lowest BCUT2D eigenvalue weighted by molar-refractivity contribution is 0.109. The van der Waals surface area contributed by atoms with Gasteiger partial charge >= 0.3 is 6.09 Å². The number of unbranched alkanes of at least 4 members (excludes halogenated alkanes) is 5. The van der Waals surface area contributed by atoms with E-state index in [2.05, 4.69) is 6.92 Å². The summed E-state index contributed by atoms with van der Waals surface area (Å²) in [7, 11) is 0. The number of carbonyl (C=O) groups excluding carboxylic acids is 1. The van der Waals surface area contributed by atoms with E-state index in [-0.39, 0.29) is 6.09 Å². The molecule has 0 aromatic carbocycles. The summed E-state index contributed by atoms with van der Waals surface area (Å²) in [5.74, 6) is 0. The first-order valence-electron chi connectivity index (χ1n) is 6.76. The first-order valence-corrected chi connectivity index (χ1v) is 6.76. The molecule has 0 aromatic rings. The van der Waals surface area contributed by atoms with Crippen LogP contribution in [0.1, 0.15) is 58.3 Å². The molecule has 0 spiro atoms. The summed E-state index contributed by atoms with van der Waals surface area (Å²) in [4.78, 5) is 13.3. The van der Waals surface area contributed by atoms with Crippen molar-refractivity contribution in [2.45, 2.75) is 58.3 Å². The minimum Gasteiger partial charge on any atom is -0.449 e. The molecule has 94 valence electrons. The fourth-order valence-corrected chi connectivity index (χ4v) is 2.03. The van der Waals surface area contributed by atoms with Crippen molar-refractivity contribution in [1.82, 2.24) is 4.90 Å². The lowest BCUT2D eigenvalue weighted by atomic mass is 10.1. The van der Waals surface area contributed by atoms with Crippen LogP contribution in [-0.4, -0.2) is 30.7 Å². The maximum Gasteiger partial charge on any atom is 0.409 e. The number of nitrogens with zero attached hydrogens (tertiary/aromatic N) is 1. The van der Waals surface area contributed by atoms with Crippen molar-refractivity contribution in [3.05, 3.63) is 0 Å². The van der Waals surface area contributed by atoms with Gasteiger partial charge in [-0.15, -0.1) is 0 Å². The summed E-state index contributed by atoms with van der Waals surface area (Å²) in [6.07, 6.45) is 9.56. The third kappa shape index (κ3) is 5.38. The van der Waals surface area contributed by atoms with Gasteiger partial charge in [-0.3, -0.25) is 0 Å². The van der Waals surface area contributed by atoms with Crippen molar-refractivity contribution < 1.29 is 9.53 Å². The largest absolute Gasteiger partial charge is 0.449 e. The van der Waals surface area contributed by atoms with Gasteiger partial charge in [-0.2, -0.15) is 0 Å². The zero-order valence-corrected chi connectivity index (χ0v) is 10.5. The van der Waals surface area contributed by atoms with Crippen molar-refractivity contribution in [2.75, 3.05) is 19.7 Å². The van der Waals surface area contributed by atoms with Gasteiger partial charge in [-0.25, -0.2) is 4.79 Å². The van der Waals surface area contributed by atoms with E-state index in [9.17, 15) is 4.79 Å². The number of likely N-dealkylation sites (tertiary alicyclic amines) is 1. The monoisotopic (exact) mass is 227 g/mol. The highest BCUT2D eigenvalue weighted by Gasteiger charge is 2.18. The third-order valence-corrected chi connectivity index (χ3v) is 3.09. The Morgan fingerprint density at radius 2 is 1.69 bits per heavy atom. The first kappa shape index (κ1) is 13.3. The highest BCUT2D eigenvalue weighted by atomic mass is 16.6. The van der Waals surface area contributed by atoms with Gasteiger partial charge in [0, 0.05) is 13.1 Å². The van der Waals surface area contributed by atoms with Crippen LogP contribution >= 0.6 is 0 Å². The Labute approximate surface area is 99.1 Å². The zero-order valence-electron chi connectivity index (χ0n) is 10.5. The van der Waals surface area contributed by atoms with Crippen LogP contribution in [0, 0.1) is 0 Å². The third-order valence-electron chi connectivity index (χ3n) is 3.09. The number of hydrogen-bond donors (Lipinski definition) is 0. The van der Waals surface area contributed by atoms with Crippen molar-refractivity contribution in [3.63, 3.8) is 0 Å². The maximum absolute atomic E-state index is 11.5. The molecule has 1 amide bonds. The Morgan fingerprint density at radius 3 is 2.38 bits per heavy atom. The second kappa shape index (κ2) is 8.43. The second-order valence-electron chi connectivity index (χ2n) is 4.58. The highest BCUT2D eigenvalue weighted by molar-refractivity contribution is 5.67. The van der Waals surface area contributed by atoms with E-state index in [1.54, 1.807) is 0 Å². The average Bonchev–Trinajstić information content (AvgIpc) is 2.81. The van der Waals surface area contributed by atoms with Gasteiger partial charge in [0.25, 0.3) is 0 Å². The summed E-state index contributed by atoms with van der Waals surface area (Å²) < 4.78 is 5.22. The molecule has 3 heteroatoms. The first-order chi connectivity index (χ1) is 7.84. The molecule has 1 heterocycles. The SMILES string of the molecule is CCCCCCCCOC(=O)N1CCCC1. The second-order valence-corrected chi connectivity index (χ2v) is 4.58. The minimum atomic E-state index is -0.106. The van der Waals surface area contributed by atoms with Gasteiger partial charge in [0.2, 0.25) is 0 Å². The Morgan fingerprint density at radius 1 is 1.06 bits per heavy atom. The summed E-state index contributed by atoms with van der Waals surface area (Å²) >= 11 is 0. The Bertz CT molecular complexity index is 188. The van der Waals surface area contributed by atoms with E-state index in [0.717, 1.165) is 32.4 Å². The summed E-state index contributed by atoms with van der Waals surface area (Å²) in [6.45, 7) is 4.59. The lowest BCUT2D eigenvalue weighted by Crippen LogP contribution is -2.28. The molecule has 0 bridgehead atoms. The molecule has 0 N–H and O–H groups in total. The molecule has 1 fully saturated rings. The van der Waals surface area contributed by atoms with Crippen LogP contribution in [0.15, 0.2) is 0 Å². The van der Waals surface area contributed by atoms with E-state index >= 15 is 0 Å². The van der Waals surface area contributed by atoms with Crippen LogP contribution in [0.4, 0.5) is 4.79 Å². The molecule has 0 aliphatic carbocycles. The van der Waals surface area contributed by atoms with Gasteiger partial charge in [0.1, 0.15) is 0 Å². The van der Waals surface area contributed by atoms with Gasteiger partial charge in [0.05, 0.1) is 6.61 Å². The Hall–Kier alpha value is -0.730. The van der Waals surface area contributed by atoms with E-state index < -0.39 is 0 Å². The fourth-order valence-electron chi connectivity index (χ4n) is 2.03. The van der Waals surface area contributed by atoms with Crippen molar-refractivity contribution in [2.24, 2.45) is 0 Å². The molecule has 16 heavy (non-hydrogen) atoms. The van der Waals surface area contributed by atoms with Crippen LogP contribution < -0.4 is 0 Å². The molecule has 1 rings (SSSR count). The molecule has 1 aliphatic heterocycles. The van der Waals surface area contributed by atoms with E-state index in [0.29, 0.717) is 6.61 Å². The lowest BCUT2D eigenvalue weighted by Gasteiger charge is -2.14. The Kier molecular flexibility index (Phi) is 7.02. The van der Waals surface area contributed by atoms with Gasteiger partial charge in [-0.1, -0.05) is 39.0 Å². The molecule has 0 aromatic heterocycles. The fraction of sp³-hybridized carbons (Fsp3) is 0.923.